The van der Waals surface area contributed by atoms with Crippen LogP contribution in [0.1, 0.15) is 48.3 Å². The highest BCUT2D eigenvalue weighted by molar-refractivity contribution is 14.0. The van der Waals surface area contributed by atoms with Crippen LogP contribution in [-0.2, 0) is 12.0 Å². The van der Waals surface area contributed by atoms with E-state index in [9.17, 15) is 0 Å². The van der Waals surface area contributed by atoms with Gasteiger partial charge >= 0.3 is 0 Å². The van der Waals surface area contributed by atoms with Crippen LogP contribution in [0, 0.1) is 13.8 Å². The number of nitrogens with zero attached hydrogens (tertiary/aromatic N) is 2. The highest BCUT2D eigenvalue weighted by Crippen LogP contribution is 2.43. The number of fused-ring (bicyclic) bond motifs is 1. The Bertz CT molecular complexity index is 871. The monoisotopic (exact) mass is 526 g/mol. The number of ether oxygens (including phenoxy) is 2. The molecule has 0 amide bonds. The minimum atomic E-state index is 0. The second-order valence-electron chi connectivity index (χ2n) is 7.93. The summed E-state index contributed by atoms with van der Waals surface area (Å²) in [5.74, 6) is 3.33. The lowest BCUT2D eigenvalue weighted by atomic mass is 9.78. The lowest BCUT2D eigenvalue weighted by molar-refractivity contribution is 0.171. The third-order valence-electron chi connectivity index (χ3n) is 6.15. The first kappa shape index (κ1) is 22.7. The molecule has 1 aromatic heterocycles. The average molecular weight is 526 g/mol. The Hall–Kier alpha value is -1.97. The Labute approximate surface area is 195 Å². The molecule has 0 atom stereocenters. The fourth-order valence-corrected chi connectivity index (χ4v) is 4.39. The molecule has 4 rings (SSSR count). The number of nitrogens with one attached hydrogen (secondary N) is 2. The van der Waals surface area contributed by atoms with Gasteiger partial charge in [-0.25, -0.2) is 0 Å². The molecule has 1 saturated carbocycles. The van der Waals surface area contributed by atoms with Crippen molar-refractivity contribution in [3.05, 3.63) is 40.8 Å². The zero-order valence-corrected chi connectivity index (χ0v) is 20.2. The summed E-state index contributed by atoms with van der Waals surface area (Å²) < 4.78 is 16.8. The molecule has 0 saturated heterocycles. The van der Waals surface area contributed by atoms with Crippen LogP contribution in [0.15, 0.2) is 27.7 Å². The standard InChI is InChI=1S/C22H30N4O3.HI/c1-15-18(16(2)29-26-15)13-24-21(23-3)25-14-22(8-4-5-9-22)17-6-7-19-20(12-17)28-11-10-27-19;/h6-7,12H,4-5,8-11,13-14H2,1-3H3,(H2,23,24,25);1H. The van der Waals surface area contributed by atoms with Gasteiger partial charge in [-0.15, -0.1) is 24.0 Å². The minimum absolute atomic E-state index is 0. The van der Waals surface area contributed by atoms with Gasteiger partial charge < -0.3 is 24.6 Å². The largest absolute Gasteiger partial charge is 0.486 e. The minimum Gasteiger partial charge on any atom is -0.486 e. The number of hydrogen-bond acceptors (Lipinski definition) is 5. The summed E-state index contributed by atoms with van der Waals surface area (Å²) in [4.78, 5) is 4.40. The number of rotatable bonds is 5. The Morgan fingerprint density at radius 2 is 1.83 bits per heavy atom. The topological polar surface area (TPSA) is 80.9 Å². The summed E-state index contributed by atoms with van der Waals surface area (Å²) in [5, 5.41) is 11.0. The lowest BCUT2D eigenvalue weighted by Gasteiger charge is -2.32. The van der Waals surface area contributed by atoms with Crippen molar-refractivity contribution in [2.45, 2.75) is 51.5 Å². The smallest absolute Gasteiger partial charge is 0.191 e. The molecule has 164 valence electrons. The van der Waals surface area contributed by atoms with Crippen molar-refractivity contribution in [1.82, 2.24) is 15.8 Å². The van der Waals surface area contributed by atoms with Gasteiger partial charge in [-0.2, -0.15) is 0 Å². The summed E-state index contributed by atoms with van der Waals surface area (Å²) in [5.41, 5.74) is 3.38. The van der Waals surface area contributed by atoms with Gasteiger partial charge in [0, 0.05) is 31.1 Å². The maximum atomic E-state index is 5.82. The molecule has 0 bridgehead atoms. The van der Waals surface area contributed by atoms with E-state index in [0.29, 0.717) is 19.8 Å². The van der Waals surface area contributed by atoms with Crippen LogP contribution < -0.4 is 20.1 Å². The number of benzene rings is 1. The van der Waals surface area contributed by atoms with Gasteiger partial charge in [0.25, 0.3) is 0 Å². The Morgan fingerprint density at radius 1 is 1.10 bits per heavy atom. The Balaban J connectivity index is 0.00000256. The van der Waals surface area contributed by atoms with Crippen LogP contribution in [0.5, 0.6) is 11.5 Å². The molecule has 1 aliphatic carbocycles. The molecule has 0 unspecified atom stereocenters. The van der Waals surface area contributed by atoms with E-state index >= 15 is 0 Å². The van der Waals surface area contributed by atoms with Crippen LogP contribution in [0.3, 0.4) is 0 Å². The molecule has 2 aromatic rings. The van der Waals surface area contributed by atoms with Crippen molar-refractivity contribution in [3.8, 4) is 11.5 Å². The molecule has 2 N–H and O–H groups in total. The van der Waals surface area contributed by atoms with Gasteiger partial charge in [-0.1, -0.05) is 24.1 Å². The third kappa shape index (κ3) is 4.68. The summed E-state index contributed by atoms with van der Waals surface area (Å²) in [6, 6.07) is 6.41. The first-order valence-corrected chi connectivity index (χ1v) is 10.4. The zero-order valence-electron chi connectivity index (χ0n) is 17.9. The summed E-state index contributed by atoms with van der Waals surface area (Å²) in [6.45, 7) is 6.58. The van der Waals surface area contributed by atoms with E-state index in [1.54, 1.807) is 7.05 Å². The number of hydrogen-bond donors (Lipinski definition) is 2. The maximum Gasteiger partial charge on any atom is 0.191 e. The van der Waals surface area contributed by atoms with Crippen LogP contribution in [-0.4, -0.2) is 37.9 Å². The molecule has 0 spiro atoms. The molecule has 8 heteroatoms. The average Bonchev–Trinajstić information content (AvgIpc) is 3.36. The SMILES string of the molecule is CN=C(NCc1c(C)noc1C)NCC1(c2ccc3c(c2)OCCO3)CCCC1.I. The molecule has 2 aliphatic rings. The Morgan fingerprint density at radius 3 is 2.50 bits per heavy atom. The van der Waals surface area contributed by atoms with E-state index in [1.165, 1.54) is 18.4 Å². The van der Waals surface area contributed by atoms with E-state index in [4.69, 9.17) is 14.0 Å². The number of aliphatic imine (C=N–C) groups is 1. The highest BCUT2D eigenvalue weighted by atomic mass is 127. The fourth-order valence-electron chi connectivity index (χ4n) is 4.39. The van der Waals surface area contributed by atoms with Gasteiger partial charge in [0.15, 0.2) is 17.5 Å². The van der Waals surface area contributed by atoms with Crippen molar-refractivity contribution in [2.24, 2.45) is 4.99 Å². The quantitative estimate of drug-likeness (QED) is 0.350. The number of guanidine groups is 1. The highest BCUT2D eigenvalue weighted by Gasteiger charge is 2.36. The van der Waals surface area contributed by atoms with E-state index in [1.807, 2.05) is 13.8 Å². The van der Waals surface area contributed by atoms with Crippen molar-refractivity contribution in [3.63, 3.8) is 0 Å². The molecule has 1 aliphatic heterocycles. The van der Waals surface area contributed by atoms with Gasteiger partial charge in [0.05, 0.1) is 5.69 Å². The summed E-state index contributed by atoms with van der Waals surface area (Å²) in [7, 11) is 1.80. The van der Waals surface area contributed by atoms with E-state index in [2.05, 4.69) is 39.0 Å². The van der Waals surface area contributed by atoms with E-state index in [0.717, 1.165) is 53.9 Å². The van der Waals surface area contributed by atoms with Gasteiger partial charge in [-0.05, 0) is 44.4 Å². The van der Waals surface area contributed by atoms with Crippen molar-refractivity contribution < 1.29 is 14.0 Å². The van der Waals surface area contributed by atoms with Crippen LogP contribution >= 0.6 is 24.0 Å². The molecular weight excluding hydrogens is 495 g/mol. The fraction of sp³-hybridized carbons (Fsp3) is 0.545. The normalized spacial score (nSPS) is 17.4. The van der Waals surface area contributed by atoms with Crippen LogP contribution in [0.4, 0.5) is 0 Å². The number of aryl methyl sites for hydroxylation is 2. The molecule has 2 heterocycles. The molecule has 30 heavy (non-hydrogen) atoms. The zero-order chi connectivity index (χ0) is 20.3. The predicted octanol–water partition coefficient (Wildman–Crippen LogP) is 3.86. The lowest BCUT2D eigenvalue weighted by Crippen LogP contribution is -2.44. The predicted molar refractivity (Wildman–Crippen MR) is 127 cm³/mol. The first-order valence-electron chi connectivity index (χ1n) is 10.4. The summed E-state index contributed by atoms with van der Waals surface area (Å²) >= 11 is 0. The number of aromatic nitrogens is 1. The first-order chi connectivity index (χ1) is 14.1. The molecule has 7 nitrogen and oxygen atoms in total. The van der Waals surface area contributed by atoms with E-state index in [-0.39, 0.29) is 29.4 Å². The van der Waals surface area contributed by atoms with Gasteiger partial charge in [-0.3, -0.25) is 4.99 Å². The summed E-state index contributed by atoms with van der Waals surface area (Å²) in [6.07, 6.45) is 4.78. The van der Waals surface area contributed by atoms with Crippen molar-refractivity contribution in [1.29, 1.82) is 0 Å². The van der Waals surface area contributed by atoms with Gasteiger partial charge in [0.2, 0.25) is 0 Å². The molecular formula is C22H31IN4O3. The second kappa shape index (κ2) is 9.89. The van der Waals surface area contributed by atoms with Crippen molar-refractivity contribution in [2.75, 3.05) is 26.8 Å². The second-order valence-corrected chi connectivity index (χ2v) is 7.93. The molecule has 1 aromatic carbocycles. The van der Waals surface area contributed by atoms with Crippen LogP contribution in [0.2, 0.25) is 0 Å². The molecule has 1 fully saturated rings. The van der Waals surface area contributed by atoms with Gasteiger partial charge in [0.1, 0.15) is 19.0 Å². The Kier molecular flexibility index (Phi) is 7.49. The van der Waals surface area contributed by atoms with Crippen molar-refractivity contribution >= 4 is 29.9 Å². The van der Waals surface area contributed by atoms with Crippen LogP contribution in [0.25, 0.3) is 0 Å². The molecule has 0 radical (unpaired) electrons. The maximum absolute atomic E-state index is 5.82. The number of halogens is 1. The van der Waals surface area contributed by atoms with E-state index < -0.39 is 0 Å². The third-order valence-corrected chi connectivity index (χ3v) is 6.15.